The summed E-state index contributed by atoms with van der Waals surface area (Å²) >= 11 is 0. The molecular formula is C44H33N3O. The van der Waals surface area contributed by atoms with Gasteiger partial charge in [-0.2, -0.15) is 0 Å². The number of para-hydroxylation sites is 3. The zero-order valence-corrected chi connectivity index (χ0v) is 26.8. The Bertz CT molecular complexity index is 2460. The lowest BCUT2D eigenvalue weighted by atomic mass is 9.72. The van der Waals surface area contributed by atoms with Gasteiger partial charge in [0.05, 0.1) is 28.1 Å². The third kappa shape index (κ3) is 4.41. The van der Waals surface area contributed by atoms with Gasteiger partial charge in [-0.15, -0.1) is 0 Å². The second-order valence-electron chi connectivity index (χ2n) is 12.9. The molecule has 4 nitrogen and oxygen atoms in total. The quantitative estimate of drug-likeness (QED) is 0.192. The minimum absolute atomic E-state index is 0.275. The summed E-state index contributed by atoms with van der Waals surface area (Å²) in [6.45, 7) is 4.73. The number of aromatic nitrogens is 2. The van der Waals surface area contributed by atoms with Crippen molar-refractivity contribution >= 4 is 38.9 Å². The number of fused-ring (bicyclic) bond motifs is 6. The normalized spacial score (nSPS) is 13.3. The first-order valence-corrected chi connectivity index (χ1v) is 16.4. The summed E-state index contributed by atoms with van der Waals surface area (Å²) in [5, 5.41) is 2.51. The monoisotopic (exact) mass is 619 g/mol. The number of nitrogens with zero attached hydrogens (tertiary/aromatic N) is 3. The lowest BCUT2D eigenvalue weighted by Gasteiger charge is -2.42. The molecule has 0 aliphatic carbocycles. The molecule has 8 aromatic rings. The number of hydrogen-bond donors (Lipinski definition) is 0. The van der Waals surface area contributed by atoms with Gasteiger partial charge in [-0.25, -0.2) is 0 Å². The third-order valence-electron chi connectivity index (χ3n) is 9.62. The maximum Gasteiger partial charge on any atom is 0.129 e. The van der Waals surface area contributed by atoms with Gasteiger partial charge < -0.3 is 14.2 Å². The molecule has 230 valence electrons. The molecule has 0 N–H and O–H groups in total. The molecule has 48 heavy (non-hydrogen) atoms. The number of benzene rings is 6. The molecule has 0 radical (unpaired) electrons. The van der Waals surface area contributed by atoms with Gasteiger partial charge >= 0.3 is 0 Å². The highest BCUT2D eigenvalue weighted by molar-refractivity contribution is 6.13. The SMILES string of the molecule is CC1(C)c2ccccc2N(c2cccc(Oc3cccc(-c4ccccn4)c3)c2)c2ccc3c4ccccc4n(-c4ccccc4)c3c21. The summed E-state index contributed by atoms with van der Waals surface area (Å²) in [5.41, 5.74) is 11.2. The third-order valence-corrected chi connectivity index (χ3v) is 9.62. The average Bonchev–Trinajstić information content (AvgIpc) is 3.47. The average molecular weight is 620 g/mol. The molecule has 0 fully saturated rings. The van der Waals surface area contributed by atoms with Gasteiger partial charge in [0.25, 0.3) is 0 Å². The van der Waals surface area contributed by atoms with Crippen molar-refractivity contribution in [3.05, 3.63) is 175 Å². The highest BCUT2D eigenvalue weighted by atomic mass is 16.5. The highest BCUT2D eigenvalue weighted by Gasteiger charge is 2.39. The first kappa shape index (κ1) is 28.1. The molecule has 0 bridgehead atoms. The Kier molecular flexibility index (Phi) is 6.44. The molecule has 4 heteroatoms. The van der Waals surface area contributed by atoms with Crippen molar-refractivity contribution in [1.82, 2.24) is 9.55 Å². The number of pyridine rings is 1. The van der Waals surface area contributed by atoms with Crippen molar-refractivity contribution in [1.29, 1.82) is 0 Å². The Morgan fingerprint density at radius 3 is 2.15 bits per heavy atom. The van der Waals surface area contributed by atoms with Gasteiger partial charge in [0.1, 0.15) is 11.5 Å². The second kappa shape index (κ2) is 11.0. The largest absolute Gasteiger partial charge is 0.457 e. The van der Waals surface area contributed by atoms with Gasteiger partial charge in [-0.1, -0.05) is 98.8 Å². The number of hydrogen-bond acceptors (Lipinski definition) is 3. The van der Waals surface area contributed by atoms with Crippen LogP contribution in [0, 0.1) is 0 Å². The van der Waals surface area contributed by atoms with Crippen LogP contribution in [-0.4, -0.2) is 9.55 Å². The maximum atomic E-state index is 6.52. The summed E-state index contributed by atoms with van der Waals surface area (Å²) < 4.78 is 8.97. The van der Waals surface area contributed by atoms with Crippen molar-refractivity contribution in [3.63, 3.8) is 0 Å². The number of anilines is 3. The van der Waals surface area contributed by atoms with E-state index in [1.807, 2.05) is 48.7 Å². The van der Waals surface area contributed by atoms with Crippen LogP contribution in [0.2, 0.25) is 0 Å². The van der Waals surface area contributed by atoms with E-state index in [4.69, 9.17) is 4.74 Å². The lowest BCUT2D eigenvalue weighted by Crippen LogP contribution is -2.31. The zero-order valence-electron chi connectivity index (χ0n) is 26.8. The van der Waals surface area contributed by atoms with Gasteiger partial charge in [-0.05, 0) is 72.3 Å². The van der Waals surface area contributed by atoms with Crippen LogP contribution in [0.1, 0.15) is 25.0 Å². The number of rotatable bonds is 5. The van der Waals surface area contributed by atoms with Gasteiger partial charge in [0.15, 0.2) is 0 Å². The fourth-order valence-electron chi connectivity index (χ4n) is 7.51. The molecule has 0 saturated heterocycles. The van der Waals surface area contributed by atoms with Crippen molar-refractivity contribution in [2.45, 2.75) is 19.3 Å². The van der Waals surface area contributed by atoms with E-state index < -0.39 is 0 Å². The minimum Gasteiger partial charge on any atom is -0.457 e. The maximum absolute atomic E-state index is 6.52. The molecule has 6 aromatic carbocycles. The van der Waals surface area contributed by atoms with Crippen LogP contribution < -0.4 is 9.64 Å². The van der Waals surface area contributed by atoms with Gasteiger partial charge in [0, 0.05) is 51.0 Å². The van der Waals surface area contributed by atoms with E-state index in [1.165, 1.54) is 44.3 Å². The predicted octanol–water partition coefficient (Wildman–Crippen LogP) is 11.7. The van der Waals surface area contributed by atoms with E-state index in [0.717, 1.165) is 34.1 Å². The van der Waals surface area contributed by atoms with Gasteiger partial charge in [0.2, 0.25) is 0 Å². The molecule has 2 aromatic heterocycles. The van der Waals surface area contributed by atoms with E-state index >= 15 is 0 Å². The summed E-state index contributed by atoms with van der Waals surface area (Å²) in [5.74, 6) is 1.54. The van der Waals surface area contributed by atoms with Crippen LogP contribution in [0.25, 0.3) is 38.8 Å². The molecule has 0 saturated carbocycles. The van der Waals surface area contributed by atoms with Crippen molar-refractivity contribution < 1.29 is 4.74 Å². The fourth-order valence-corrected chi connectivity index (χ4v) is 7.51. The molecule has 0 atom stereocenters. The van der Waals surface area contributed by atoms with E-state index in [2.05, 4.69) is 144 Å². The van der Waals surface area contributed by atoms with E-state index in [1.54, 1.807) is 0 Å². The first-order valence-electron chi connectivity index (χ1n) is 16.4. The van der Waals surface area contributed by atoms with Crippen molar-refractivity contribution in [2.24, 2.45) is 0 Å². The Morgan fingerprint density at radius 2 is 1.29 bits per heavy atom. The second-order valence-corrected chi connectivity index (χ2v) is 12.9. The van der Waals surface area contributed by atoms with E-state index in [-0.39, 0.29) is 5.41 Å². The van der Waals surface area contributed by atoms with Crippen LogP contribution in [0.5, 0.6) is 11.5 Å². The Balaban J connectivity index is 1.24. The molecule has 9 rings (SSSR count). The van der Waals surface area contributed by atoms with Crippen LogP contribution >= 0.6 is 0 Å². The molecule has 0 spiro atoms. The molecule has 0 amide bonds. The summed E-state index contributed by atoms with van der Waals surface area (Å²) in [6.07, 6.45) is 1.81. The van der Waals surface area contributed by atoms with Crippen molar-refractivity contribution in [3.8, 4) is 28.4 Å². The van der Waals surface area contributed by atoms with E-state index in [0.29, 0.717) is 0 Å². The van der Waals surface area contributed by atoms with Crippen LogP contribution in [0.4, 0.5) is 17.1 Å². The number of ether oxygens (including phenoxy) is 1. The first-order chi connectivity index (χ1) is 23.6. The van der Waals surface area contributed by atoms with Crippen LogP contribution in [-0.2, 0) is 5.41 Å². The van der Waals surface area contributed by atoms with Crippen LogP contribution in [0.3, 0.4) is 0 Å². The Hall–Kier alpha value is -6.13. The molecular weight excluding hydrogens is 587 g/mol. The molecule has 1 aliphatic heterocycles. The summed E-state index contributed by atoms with van der Waals surface area (Å²) in [4.78, 5) is 6.93. The standard InChI is InChI=1S/C44H33N3O/c1-44(2)37-21-7-9-24-40(37)46(32-17-13-19-34(29-32)48-33-18-12-14-30(28-33)38-22-10-11-27-45-38)41-26-25-36-35-20-6-8-23-39(35)47(43(36)42(41)44)31-15-4-3-5-16-31/h3-29H,1-2H3. The van der Waals surface area contributed by atoms with E-state index in [9.17, 15) is 0 Å². The van der Waals surface area contributed by atoms with Crippen LogP contribution in [0.15, 0.2) is 164 Å². The highest BCUT2D eigenvalue weighted by Crippen LogP contribution is 2.55. The van der Waals surface area contributed by atoms with Gasteiger partial charge in [-0.3, -0.25) is 4.98 Å². The summed E-state index contributed by atoms with van der Waals surface area (Å²) in [7, 11) is 0. The topological polar surface area (TPSA) is 30.3 Å². The summed E-state index contributed by atoms with van der Waals surface area (Å²) in [6, 6.07) is 55.4. The lowest BCUT2D eigenvalue weighted by molar-refractivity contribution is 0.483. The fraction of sp³-hybridized carbons (Fsp3) is 0.0682. The minimum atomic E-state index is -0.275. The Labute approximate surface area is 280 Å². The molecule has 1 aliphatic rings. The molecule has 0 unspecified atom stereocenters. The smallest absolute Gasteiger partial charge is 0.129 e. The predicted molar refractivity (Wildman–Crippen MR) is 197 cm³/mol. The molecule has 3 heterocycles. The zero-order chi connectivity index (χ0) is 32.2. The Morgan fingerprint density at radius 1 is 0.562 bits per heavy atom. The van der Waals surface area contributed by atoms with Crippen molar-refractivity contribution in [2.75, 3.05) is 4.90 Å².